The molecule has 0 saturated carbocycles. The first-order valence-electron chi connectivity index (χ1n) is 8.94. The maximum atomic E-state index is 4.93. The molecule has 0 atom stereocenters. The molecule has 0 aliphatic rings. The second-order valence-electron chi connectivity index (χ2n) is 6.43. The van der Waals surface area contributed by atoms with E-state index in [9.17, 15) is 0 Å². The Morgan fingerprint density at radius 1 is 0.593 bits per heavy atom. The van der Waals surface area contributed by atoms with Crippen LogP contribution in [-0.4, -0.2) is 14.5 Å². The third kappa shape index (κ3) is 2.89. The smallest absolute Gasteiger partial charge is 0.100 e. The van der Waals surface area contributed by atoms with E-state index in [1.807, 2.05) is 60.9 Å². The number of fused-ring (bicyclic) bond motifs is 1. The van der Waals surface area contributed by atoms with Gasteiger partial charge in [-0.1, -0.05) is 72.8 Å². The highest BCUT2D eigenvalue weighted by Gasteiger charge is 2.10. The van der Waals surface area contributed by atoms with Crippen LogP contribution in [0.15, 0.2) is 103 Å². The molecule has 0 fully saturated rings. The zero-order chi connectivity index (χ0) is 18.1. The Morgan fingerprint density at radius 3 is 1.78 bits per heavy atom. The van der Waals surface area contributed by atoms with E-state index in [2.05, 4.69) is 52.0 Å². The average Bonchev–Trinajstić information content (AvgIpc) is 3.19. The Morgan fingerprint density at radius 2 is 1.15 bits per heavy atom. The van der Waals surface area contributed by atoms with Crippen LogP contribution >= 0.6 is 0 Å². The Labute approximate surface area is 157 Å². The van der Waals surface area contributed by atoms with Gasteiger partial charge in [0.2, 0.25) is 0 Å². The molecule has 3 aromatic carbocycles. The zero-order valence-electron chi connectivity index (χ0n) is 14.7. The van der Waals surface area contributed by atoms with E-state index in [1.54, 1.807) is 0 Å². The maximum Gasteiger partial charge on any atom is 0.100 e. The molecule has 0 N–H and O–H groups in total. The third-order valence-electron chi connectivity index (χ3n) is 4.68. The summed E-state index contributed by atoms with van der Waals surface area (Å²) in [4.78, 5) is 9.47. The van der Waals surface area contributed by atoms with Crippen molar-refractivity contribution >= 4 is 11.0 Å². The number of pyridine rings is 1. The van der Waals surface area contributed by atoms with Crippen molar-refractivity contribution in [3.05, 3.63) is 103 Å². The number of nitrogens with zero attached hydrogens (tertiary/aromatic N) is 3. The molecule has 2 aromatic heterocycles. The van der Waals surface area contributed by atoms with Gasteiger partial charge >= 0.3 is 0 Å². The Kier molecular flexibility index (Phi) is 3.76. The number of aromatic nitrogens is 3. The van der Waals surface area contributed by atoms with E-state index >= 15 is 0 Å². The first-order chi connectivity index (χ1) is 13.4. The molecule has 27 heavy (non-hydrogen) atoms. The lowest BCUT2D eigenvalue weighted by atomic mass is 10.1. The second-order valence-corrected chi connectivity index (χ2v) is 6.43. The quantitative estimate of drug-likeness (QED) is 0.416. The van der Waals surface area contributed by atoms with Crippen LogP contribution in [0.25, 0.3) is 39.2 Å². The summed E-state index contributed by atoms with van der Waals surface area (Å²) >= 11 is 0. The standard InChI is InChI=1S/C24H17N3/c1-3-9-18(10-4-1)22-15-20(16-23(26-22)19-11-5-2-6-12-19)27-17-25-21-13-7-8-14-24(21)27/h1-17H. The van der Waals surface area contributed by atoms with Crippen LogP contribution in [0, 0.1) is 0 Å². The zero-order valence-corrected chi connectivity index (χ0v) is 14.7. The average molecular weight is 347 g/mol. The summed E-state index contributed by atoms with van der Waals surface area (Å²) in [5.74, 6) is 0. The summed E-state index contributed by atoms with van der Waals surface area (Å²) in [6, 6.07) is 33.0. The highest BCUT2D eigenvalue weighted by Crippen LogP contribution is 2.28. The summed E-state index contributed by atoms with van der Waals surface area (Å²) in [7, 11) is 0. The van der Waals surface area contributed by atoms with Gasteiger partial charge in [0.1, 0.15) is 6.33 Å². The van der Waals surface area contributed by atoms with Gasteiger partial charge in [0.05, 0.1) is 28.1 Å². The van der Waals surface area contributed by atoms with Crippen molar-refractivity contribution < 1.29 is 0 Å². The van der Waals surface area contributed by atoms with Crippen molar-refractivity contribution in [2.75, 3.05) is 0 Å². The Balaban J connectivity index is 1.76. The van der Waals surface area contributed by atoms with Crippen LogP contribution < -0.4 is 0 Å². The van der Waals surface area contributed by atoms with E-state index in [0.717, 1.165) is 39.2 Å². The highest BCUT2D eigenvalue weighted by molar-refractivity contribution is 5.78. The largest absolute Gasteiger partial charge is 0.299 e. The molecule has 0 amide bonds. The maximum absolute atomic E-state index is 4.93. The molecule has 5 rings (SSSR count). The van der Waals surface area contributed by atoms with Gasteiger partial charge in [0, 0.05) is 11.1 Å². The van der Waals surface area contributed by atoms with Gasteiger partial charge < -0.3 is 0 Å². The summed E-state index contributed by atoms with van der Waals surface area (Å²) in [5.41, 5.74) is 7.21. The van der Waals surface area contributed by atoms with Crippen molar-refractivity contribution in [2.45, 2.75) is 0 Å². The van der Waals surface area contributed by atoms with Gasteiger partial charge in [-0.15, -0.1) is 0 Å². The third-order valence-corrected chi connectivity index (χ3v) is 4.68. The van der Waals surface area contributed by atoms with Crippen LogP contribution in [0.1, 0.15) is 0 Å². The van der Waals surface area contributed by atoms with Crippen LogP contribution in [-0.2, 0) is 0 Å². The molecule has 0 bridgehead atoms. The predicted molar refractivity (Wildman–Crippen MR) is 110 cm³/mol. The number of hydrogen-bond acceptors (Lipinski definition) is 2. The van der Waals surface area contributed by atoms with Crippen molar-refractivity contribution in [1.82, 2.24) is 14.5 Å². The van der Waals surface area contributed by atoms with Gasteiger partial charge in [-0.05, 0) is 24.3 Å². The number of hydrogen-bond donors (Lipinski definition) is 0. The molecule has 0 spiro atoms. The predicted octanol–water partition coefficient (Wildman–Crippen LogP) is 5.75. The summed E-state index contributed by atoms with van der Waals surface area (Å²) in [5, 5.41) is 0. The fourth-order valence-corrected chi connectivity index (χ4v) is 3.33. The van der Waals surface area contributed by atoms with Crippen molar-refractivity contribution in [3.8, 4) is 28.2 Å². The lowest BCUT2D eigenvalue weighted by Crippen LogP contribution is -1.97. The summed E-state index contributed by atoms with van der Waals surface area (Å²) < 4.78 is 2.12. The van der Waals surface area contributed by atoms with Gasteiger partial charge in [0.15, 0.2) is 0 Å². The molecule has 0 aliphatic heterocycles. The van der Waals surface area contributed by atoms with Crippen LogP contribution in [0.2, 0.25) is 0 Å². The summed E-state index contributed by atoms with van der Waals surface area (Å²) in [6.07, 6.45) is 1.88. The minimum atomic E-state index is 0.949. The lowest BCUT2D eigenvalue weighted by molar-refractivity contribution is 1.08. The number of rotatable bonds is 3. The van der Waals surface area contributed by atoms with Crippen molar-refractivity contribution in [1.29, 1.82) is 0 Å². The summed E-state index contributed by atoms with van der Waals surface area (Å²) in [6.45, 7) is 0. The molecule has 0 saturated heterocycles. The SMILES string of the molecule is c1ccc(-c2cc(-n3cnc4ccccc43)cc(-c3ccccc3)n2)cc1. The van der Waals surface area contributed by atoms with Gasteiger partial charge in [-0.2, -0.15) is 0 Å². The van der Waals surface area contributed by atoms with Gasteiger partial charge in [-0.3, -0.25) is 4.57 Å². The van der Waals surface area contributed by atoms with E-state index in [0.29, 0.717) is 0 Å². The highest BCUT2D eigenvalue weighted by atomic mass is 15.0. The monoisotopic (exact) mass is 347 g/mol. The molecule has 3 heteroatoms. The van der Waals surface area contributed by atoms with Crippen LogP contribution in [0.5, 0.6) is 0 Å². The Hall–Kier alpha value is -3.72. The normalized spacial score (nSPS) is 11.0. The van der Waals surface area contributed by atoms with Gasteiger partial charge in [-0.25, -0.2) is 9.97 Å². The minimum Gasteiger partial charge on any atom is -0.299 e. The molecule has 0 radical (unpaired) electrons. The topological polar surface area (TPSA) is 30.7 Å². The van der Waals surface area contributed by atoms with Crippen molar-refractivity contribution in [2.24, 2.45) is 0 Å². The first kappa shape index (κ1) is 15.5. The molecular weight excluding hydrogens is 330 g/mol. The molecule has 3 nitrogen and oxygen atoms in total. The van der Waals surface area contributed by atoms with Gasteiger partial charge in [0.25, 0.3) is 0 Å². The molecule has 128 valence electrons. The lowest BCUT2D eigenvalue weighted by Gasteiger charge is -2.11. The van der Waals surface area contributed by atoms with E-state index in [1.165, 1.54) is 0 Å². The molecular formula is C24H17N3. The molecule has 0 aliphatic carbocycles. The Bertz CT molecular complexity index is 1150. The van der Waals surface area contributed by atoms with E-state index in [-0.39, 0.29) is 0 Å². The second kappa shape index (κ2) is 6.54. The fourth-order valence-electron chi connectivity index (χ4n) is 3.33. The van der Waals surface area contributed by atoms with Crippen LogP contribution in [0.3, 0.4) is 0 Å². The molecule has 5 aromatic rings. The molecule has 0 unspecified atom stereocenters. The molecule has 2 heterocycles. The number of para-hydroxylation sites is 2. The van der Waals surface area contributed by atoms with Crippen LogP contribution in [0.4, 0.5) is 0 Å². The number of benzene rings is 3. The van der Waals surface area contributed by atoms with E-state index in [4.69, 9.17) is 4.98 Å². The van der Waals surface area contributed by atoms with Crippen molar-refractivity contribution in [3.63, 3.8) is 0 Å². The van der Waals surface area contributed by atoms with E-state index < -0.39 is 0 Å². The first-order valence-corrected chi connectivity index (χ1v) is 8.94. The number of imidazole rings is 1. The fraction of sp³-hybridized carbons (Fsp3) is 0. The minimum absolute atomic E-state index is 0.949.